The third kappa shape index (κ3) is 5.31. The highest BCUT2D eigenvalue weighted by Crippen LogP contribution is 2.42. The Bertz CT molecular complexity index is 1140. The highest BCUT2D eigenvalue weighted by molar-refractivity contribution is 9.10. The number of nitrogens with one attached hydrogen (secondary N) is 2. The Kier molecular flexibility index (Phi) is 7.93. The van der Waals surface area contributed by atoms with E-state index in [2.05, 4.69) is 32.6 Å². The summed E-state index contributed by atoms with van der Waals surface area (Å²) in [4.78, 5) is 25.1. The SMILES string of the molecule is CCOc1ccccc1[C@@H]1C(C#N)=C(SCC(=O)Nc2ccc(Br)cc2)NC(=O)[C@@H]1C#N. The first-order valence-corrected chi connectivity index (χ1v) is 11.5. The van der Waals surface area contributed by atoms with Crippen LogP contribution in [-0.4, -0.2) is 24.2 Å². The molecule has 2 aromatic carbocycles. The first kappa shape index (κ1) is 23.4. The number of carbonyl (C=O) groups is 2. The Morgan fingerprint density at radius 1 is 1.22 bits per heavy atom. The summed E-state index contributed by atoms with van der Waals surface area (Å²) in [6, 6.07) is 18.3. The van der Waals surface area contributed by atoms with Crippen LogP contribution in [0.3, 0.4) is 0 Å². The molecule has 2 aromatic rings. The number of ether oxygens (including phenoxy) is 1. The predicted molar refractivity (Wildman–Crippen MR) is 125 cm³/mol. The number of anilines is 1. The average molecular weight is 511 g/mol. The lowest BCUT2D eigenvalue weighted by Gasteiger charge is -2.29. The lowest BCUT2D eigenvalue weighted by Crippen LogP contribution is -2.39. The zero-order valence-corrected chi connectivity index (χ0v) is 19.5. The molecule has 2 N–H and O–H groups in total. The van der Waals surface area contributed by atoms with Crippen LogP contribution in [-0.2, 0) is 9.59 Å². The van der Waals surface area contributed by atoms with Crippen LogP contribution < -0.4 is 15.4 Å². The van der Waals surface area contributed by atoms with Gasteiger partial charge in [0.05, 0.1) is 41.0 Å². The van der Waals surface area contributed by atoms with Crippen LogP contribution in [0.2, 0.25) is 0 Å². The van der Waals surface area contributed by atoms with Crippen LogP contribution in [0.15, 0.2) is 63.6 Å². The van der Waals surface area contributed by atoms with Crippen LogP contribution in [0.4, 0.5) is 5.69 Å². The van der Waals surface area contributed by atoms with Crippen molar-refractivity contribution in [2.45, 2.75) is 12.8 Å². The number of hydrogen-bond donors (Lipinski definition) is 2. The minimum absolute atomic E-state index is 0.0199. The number of thioether (sulfide) groups is 1. The number of hydrogen-bond acceptors (Lipinski definition) is 6. The number of nitrogens with zero attached hydrogens (tertiary/aromatic N) is 2. The molecule has 0 aliphatic carbocycles. The fourth-order valence-electron chi connectivity index (χ4n) is 3.31. The van der Waals surface area contributed by atoms with Gasteiger partial charge in [-0.2, -0.15) is 10.5 Å². The molecule has 0 radical (unpaired) electrons. The second-order valence-electron chi connectivity index (χ2n) is 6.74. The van der Waals surface area contributed by atoms with Gasteiger partial charge in [-0.05, 0) is 37.3 Å². The lowest BCUT2D eigenvalue weighted by atomic mass is 9.79. The quantitative estimate of drug-likeness (QED) is 0.573. The van der Waals surface area contributed by atoms with Gasteiger partial charge in [0, 0.05) is 15.7 Å². The largest absolute Gasteiger partial charge is 0.494 e. The Labute approximate surface area is 198 Å². The summed E-state index contributed by atoms with van der Waals surface area (Å²) in [7, 11) is 0. The third-order valence-corrected chi connectivity index (χ3v) is 6.24. The summed E-state index contributed by atoms with van der Waals surface area (Å²) in [5.74, 6) is -2.19. The van der Waals surface area contributed by atoms with E-state index in [0.717, 1.165) is 16.2 Å². The van der Waals surface area contributed by atoms with Crippen molar-refractivity contribution in [2.75, 3.05) is 17.7 Å². The van der Waals surface area contributed by atoms with Gasteiger partial charge in [-0.1, -0.05) is 45.9 Å². The Morgan fingerprint density at radius 3 is 2.59 bits per heavy atom. The second-order valence-corrected chi connectivity index (χ2v) is 8.64. The number of halogens is 1. The monoisotopic (exact) mass is 510 g/mol. The van der Waals surface area contributed by atoms with E-state index in [1.807, 2.05) is 25.1 Å². The van der Waals surface area contributed by atoms with E-state index in [9.17, 15) is 20.1 Å². The zero-order chi connectivity index (χ0) is 23.1. The Morgan fingerprint density at radius 2 is 1.94 bits per heavy atom. The first-order chi connectivity index (χ1) is 15.5. The molecule has 0 saturated heterocycles. The summed E-state index contributed by atoms with van der Waals surface area (Å²) in [5.41, 5.74) is 1.45. The van der Waals surface area contributed by atoms with Crippen LogP contribution in [0, 0.1) is 28.6 Å². The molecule has 1 heterocycles. The maximum atomic E-state index is 12.7. The fourth-order valence-corrected chi connectivity index (χ4v) is 4.42. The molecule has 0 fully saturated rings. The van der Waals surface area contributed by atoms with Crippen LogP contribution in [0.1, 0.15) is 18.4 Å². The number of rotatable bonds is 7. The molecule has 0 bridgehead atoms. The normalized spacial score (nSPS) is 17.7. The van der Waals surface area contributed by atoms with Gasteiger partial charge in [-0.25, -0.2) is 0 Å². The number of nitriles is 2. The van der Waals surface area contributed by atoms with Crippen molar-refractivity contribution in [3.63, 3.8) is 0 Å². The second kappa shape index (κ2) is 10.9. The van der Waals surface area contributed by atoms with E-state index in [4.69, 9.17) is 4.74 Å². The molecule has 0 spiro atoms. The summed E-state index contributed by atoms with van der Waals surface area (Å²) in [5, 5.41) is 25.2. The molecule has 0 aromatic heterocycles. The summed E-state index contributed by atoms with van der Waals surface area (Å²) in [6.07, 6.45) is 0. The molecule has 0 unspecified atom stereocenters. The molecule has 162 valence electrons. The van der Waals surface area contributed by atoms with Crippen LogP contribution >= 0.6 is 27.7 Å². The molecule has 2 atom stereocenters. The van der Waals surface area contributed by atoms with E-state index in [1.54, 1.807) is 36.4 Å². The van der Waals surface area contributed by atoms with E-state index >= 15 is 0 Å². The first-order valence-electron chi connectivity index (χ1n) is 9.73. The third-order valence-electron chi connectivity index (χ3n) is 4.70. The average Bonchev–Trinajstić information content (AvgIpc) is 2.79. The van der Waals surface area contributed by atoms with Crippen LogP contribution in [0.25, 0.3) is 0 Å². The molecule has 1 aliphatic heterocycles. The van der Waals surface area contributed by atoms with Gasteiger partial charge in [0.2, 0.25) is 11.8 Å². The van der Waals surface area contributed by atoms with Crippen molar-refractivity contribution < 1.29 is 14.3 Å². The van der Waals surface area contributed by atoms with Gasteiger partial charge in [0.25, 0.3) is 0 Å². The zero-order valence-electron chi connectivity index (χ0n) is 17.1. The highest BCUT2D eigenvalue weighted by Gasteiger charge is 2.40. The van der Waals surface area contributed by atoms with E-state index in [-0.39, 0.29) is 22.3 Å². The number of allylic oxidation sites excluding steroid dienone is 1. The highest BCUT2D eigenvalue weighted by atomic mass is 79.9. The summed E-state index contributed by atoms with van der Waals surface area (Å²) < 4.78 is 6.56. The van der Waals surface area contributed by atoms with Crippen molar-refractivity contribution in [1.82, 2.24) is 5.32 Å². The molecule has 1 aliphatic rings. The predicted octanol–water partition coefficient (Wildman–Crippen LogP) is 4.31. The number of carbonyl (C=O) groups excluding carboxylic acids is 2. The topological polar surface area (TPSA) is 115 Å². The maximum absolute atomic E-state index is 12.7. The summed E-state index contributed by atoms with van der Waals surface area (Å²) in [6.45, 7) is 2.23. The van der Waals surface area contributed by atoms with Gasteiger partial charge >= 0.3 is 0 Å². The number of benzene rings is 2. The molecule has 3 rings (SSSR count). The van der Waals surface area contributed by atoms with Gasteiger partial charge in [-0.15, -0.1) is 0 Å². The number of para-hydroxylation sites is 1. The maximum Gasteiger partial charge on any atom is 0.243 e. The fraction of sp³-hybridized carbons (Fsp3) is 0.217. The molecular weight excluding hydrogens is 492 g/mol. The minimum Gasteiger partial charge on any atom is -0.494 e. The molecule has 0 saturated carbocycles. The standard InChI is InChI=1S/C23H19BrN4O3S/c1-2-31-19-6-4-3-5-16(19)21-17(11-25)22(30)28-23(18(21)12-26)32-13-20(29)27-15-9-7-14(24)8-10-15/h3-10,17,21H,2,13H2,1H3,(H,27,29)(H,28,30)/t17-,21+/m1/s1. The minimum atomic E-state index is -1.09. The van der Waals surface area contributed by atoms with Gasteiger partial charge < -0.3 is 15.4 Å². The van der Waals surface area contributed by atoms with E-state index < -0.39 is 17.7 Å². The van der Waals surface area contributed by atoms with Gasteiger partial charge in [-0.3, -0.25) is 9.59 Å². The van der Waals surface area contributed by atoms with Crippen molar-refractivity contribution in [2.24, 2.45) is 5.92 Å². The van der Waals surface area contributed by atoms with E-state index in [1.165, 1.54) is 0 Å². The Balaban J connectivity index is 1.88. The molecule has 2 amide bonds. The van der Waals surface area contributed by atoms with Crippen LogP contribution in [0.5, 0.6) is 5.75 Å². The van der Waals surface area contributed by atoms with Gasteiger partial charge in [0.15, 0.2) is 0 Å². The Hall–Kier alpha value is -3.27. The molecule has 7 nitrogen and oxygen atoms in total. The van der Waals surface area contributed by atoms with Gasteiger partial charge in [0.1, 0.15) is 11.7 Å². The van der Waals surface area contributed by atoms with Crippen molar-refractivity contribution in [3.05, 3.63) is 69.2 Å². The molecule has 32 heavy (non-hydrogen) atoms. The molecule has 9 heteroatoms. The van der Waals surface area contributed by atoms with E-state index in [0.29, 0.717) is 23.6 Å². The van der Waals surface area contributed by atoms with Crippen molar-refractivity contribution >= 4 is 45.2 Å². The van der Waals surface area contributed by atoms with Crippen molar-refractivity contribution in [1.29, 1.82) is 10.5 Å². The smallest absolute Gasteiger partial charge is 0.243 e. The van der Waals surface area contributed by atoms with Crippen molar-refractivity contribution in [3.8, 4) is 17.9 Å². The lowest BCUT2D eigenvalue weighted by molar-refractivity contribution is -0.123. The number of amides is 2. The molecular formula is C23H19BrN4O3S. The summed E-state index contributed by atoms with van der Waals surface area (Å²) >= 11 is 4.39.